The summed E-state index contributed by atoms with van der Waals surface area (Å²) in [5.41, 5.74) is 1.31. The number of rotatable bonds is 5. The van der Waals surface area contributed by atoms with E-state index in [1.165, 1.54) is 0 Å². The van der Waals surface area contributed by atoms with Crippen LogP contribution in [0, 0.1) is 11.3 Å². The minimum Gasteiger partial charge on any atom is -0.384 e. The number of hydrogen-bond donors (Lipinski definition) is 1. The van der Waals surface area contributed by atoms with Crippen LogP contribution in [-0.4, -0.2) is 24.4 Å². The molecular weight excluding hydrogens is 176 g/mol. The topological polar surface area (TPSA) is 46.0 Å². The van der Waals surface area contributed by atoms with Crippen molar-refractivity contribution in [3.8, 4) is 0 Å². The van der Waals surface area contributed by atoms with Gasteiger partial charge in [-0.15, -0.1) is 0 Å². The Bertz CT molecular complexity index is 285. The highest BCUT2D eigenvalue weighted by Crippen LogP contribution is 2.10. The van der Waals surface area contributed by atoms with Gasteiger partial charge in [-0.25, -0.2) is 0 Å². The molecular formula is C11H16N2O. The highest BCUT2D eigenvalue weighted by Gasteiger charge is 2.14. The lowest BCUT2D eigenvalue weighted by Gasteiger charge is -2.14. The van der Waals surface area contributed by atoms with Crippen LogP contribution in [0.25, 0.3) is 0 Å². The van der Waals surface area contributed by atoms with E-state index in [4.69, 9.17) is 10.1 Å². The highest BCUT2D eigenvalue weighted by molar-refractivity contribution is 5.98. The van der Waals surface area contributed by atoms with Gasteiger partial charge in [-0.3, -0.25) is 4.98 Å². The van der Waals surface area contributed by atoms with Crippen molar-refractivity contribution in [2.24, 2.45) is 5.92 Å². The van der Waals surface area contributed by atoms with E-state index in [9.17, 15) is 0 Å². The van der Waals surface area contributed by atoms with Gasteiger partial charge in [0.1, 0.15) is 0 Å². The molecule has 1 atom stereocenters. The molecule has 1 rings (SSSR count). The second-order valence-corrected chi connectivity index (χ2v) is 3.19. The molecule has 1 unspecified atom stereocenters. The summed E-state index contributed by atoms with van der Waals surface area (Å²) >= 11 is 0. The Morgan fingerprint density at radius 1 is 1.57 bits per heavy atom. The number of methoxy groups -OCH3 is 1. The van der Waals surface area contributed by atoms with E-state index in [0.29, 0.717) is 12.3 Å². The SMILES string of the molecule is CCC(COC)C(=N)c1ccccn1. The largest absolute Gasteiger partial charge is 0.384 e. The van der Waals surface area contributed by atoms with E-state index in [1.54, 1.807) is 13.3 Å². The lowest BCUT2D eigenvalue weighted by molar-refractivity contribution is 0.174. The lowest BCUT2D eigenvalue weighted by atomic mass is 9.98. The van der Waals surface area contributed by atoms with Gasteiger partial charge in [0, 0.05) is 19.2 Å². The van der Waals surface area contributed by atoms with Crippen molar-refractivity contribution in [3.05, 3.63) is 30.1 Å². The molecule has 1 aromatic heterocycles. The van der Waals surface area contributed by atoms with Gasteiger partial charge in [0.2, 0.25) is 0 Å². The zero-order valence-electron chi connectivity index (χ0n) is 8.66. The summed E-state index contributed by atoms with van der Waals surface area (Å²) in [7, 11) is 1.66. The summed E-state index contributed by atoms with van der Waals surface area (Å²) in [6.45, 7) is 2.65. The molecule has 3 heteroatoms. The van der Waals surface area contributed by atoms with Crippen molar-refractivity contribution in [3.63, 3.8) is 0 Å². The first-order valence-corrected chi connectivity index (χ1v) is 4.78. The van der Waals surface area contributed by atoms with Crippen LogP contribution in [0.3, 0.4) is 0 Å². The second kappa shape index (κ2) is 5.50. The third-order valence-corrected chi connectivity index (χ3v) is 2.21. The van der Waals surface area contributed by atoms with Crippen molar-refractivity contribution in [1.29, 1.82) is 5.41 Å². The average molecular weight is 192 g/mol. The predicted octanol–water partition coefficient (Wildman–Crippen LogP) is 2.12. The van der Waals surface area contributed by atoms with E-state index in [1.807, 2.05) is 18.2 Å². The second-order valence-electron chi connectivity index (χ2n) is 3.19. The summed E-state index contributed by atoms with van der Waals surface area (Å²) in [6, 6.07) is 5.62. The van der Waals surface area contributed by atoms with E-state index >= 15 is 0 Å². The Morgan fingerprint density at radius 3 is 2.86 bits per heavy atom. The minimum atomic E-state index is 0.148. The maximum atomic E-state index is 7.95. The van der Waals surface area contributed by atoms with Crippen LogP contribution in [0.4, 0.5) is 0 Å². The Kier molecular flexibility index (Phi) is 4.26. The third kappa shape index (κ3) is 2.64. The van der Waals surface area contributed by atoms with Crippen LogP contribution < -0.4 is 0 Å². The first-order chi connectivity index (χ1) is 6.79. The van der Waals surface area contributed by atoms with Crippen LogP contribution in [-0.2, 0) is 4.74 Å². The monoisotopic (exact) mass is 192 g/mol. The highest BCUT2D eigenvalue weighted by atomic mass is 16.5. The van der Waals surface area contributed by atoms with E-state index in [0.717, 1.165) is 12.1 Å². The molecule has 0 aliphatic heterocycles. The van der Waals surface area contributed by atoms with Crippen molar-refractivity contribution >= 4 is 5.71 Å². The number of nitrogens with zero attached hydrogens (tertiary/aromatic N) is 1. The molecule has 0 saturated heterocycles. The molecule has 0 aliphatic rings. The molecule has 0 spiro atoms. The van der Waals surface area contributed by atoms with Gasteiger partial charge in [-0.05, 0) is 18.6 Å². The van der Waals surface area contributed by atoms with Crippen LogP contribution in [0.2, 0.25) is 0 Å². The van der Waals surface area contributed by atoms with Gasteiger partial charge in [0.25, 0.3) is 0 Å². The number of ether oxygens (including phenoxy) is 1. The third-order valence-electron chi connectivity index (χ3n) is 2.21. The fraction of sp³-hybridized carbons (Fsp3) is 0.455. The molecule has 0 amide bonds. The number of pyridine rings is 1. The van der Waals surface area contributed by atoms with Crippen LogP contribution in [0.15, 0.2) is 24.4 Å². The van der Waals surface area contributed by atoms with Crippen LogP contribution >= 0.6 is 0 Å². The summed E-state index contributed by atoms with van der Waals surface area (Å²) < 4.78 is 5.07. The molecule has 0 aliphatic carbocycles. The Labute approximate surface area is 84.6 Å². The molecule has 0 bridgehead atoms. The minimum absolute atomic E-state index is 0.148. The summed E-state index contributed by atoms with van der Waals surface area (Å²) in [4.78, 5) is 4.15. The van der Waals surface area contributed by atoms with Crippen molar-refractivity contribution in [2.75, 3.05) is 13.7 Å². The van der Waals surface area contributed by atoms with E-state index in [2.05, 4.69) is 11.9 Å². The van der Waals surface area contributed by atoms with Crippen LogP contribution in [0.5, 0.6) is 0 Å². The Balaban J connectivity index is 2.73. The number of aromatic nitrogens is 1. The normalized spacial score (nSPS) is 12.4. The molecule has 3 nitrogen and oxygen atoms in total. The Hall–Kier alpha value is -1.22. The van der Waals surface area contributed by atoms with Crippen molar-refractivity contribution in [2.45, 2.75) is 13.3 Å². The molecule has 14 heavy (non-hydrogen) atoms. The summed E-state index contributed by atoms with van der Waals surface area (Å²) in [5, 5.41) is 7.95. The zero-order valence-corrected chi connectivity index (χ0v) is 8.66. The van der Waals surface area contributed by atoms with Gasteiger partial charge >= 0.3 is 0 Å². The fourth-order valence-corrected chi connectivity index (χ4v) is 1.34. The quantitative estimate of drug-likeness (QED) is 0.726. The molecule has 1 N–H and O–H groups in total. The Morgan fingerprint density at radius 2 is 2.36 bits per heavy atom. The smallest absolute Gasteiger partial charge is 0.0840 e. The van der Waals surface area contributed by atoms with Gasteiger partial charge in [0.05, 0.1) is 18.0 Å². The fourth-order valence-electron chi connectivity index (χ4n) is 1.34. The average Bonchev–Trinajstić information content (AvgIpc) is 2.26. The maximum Gasteiger partial charge on any atom is 0.0840 e. The van der Waals surface area contributed by atoms with Crippen LogP contribution in [0.1, 0.15) is 19.0 Å². The lowest BCUT2D eigenvalue weighted by Crippen LogP contribution is -2.20. The zero-order chi connectivity index (χ0) is 10.4. The first-order valence-electron chi connectivity index (χ1n) is 4.78. The number of nitrogens with one attached hydrogen (secondary N) is 1. The molecule has 0 aromatic carbocycles. The van der Waals surface area contributed by atoms with Gasteiger partial charge in [-0.1, -0.05) is 13.0 Å². The maximum absolute atomic E-state index is 7.95. The standard InChI is InChI=1S/C11H16N2O/c1-3-9(8-14-2)11(12)10-6-4-5-7-13-10/h4-7,9,12H,3,8H2,1-2H3. The van der Waals surface area contributed by atoms with Crippen molar-refractivity contribution < 1.29 is 4.74 Å². The van der Waals surface area contributed by atoms with E-state index in [-0.39, 0.29) is 5.92 Å². The predicted molar refractivity (Wildman–Crippen MR) is 56.7 cm³/mol. The summed E-state index contributed by atoms with van der Waals surface area (Å²) in [6.07, 6.45) is 2.62. The van der Waals surface area contributed by atoms with Gasteiger partial charge < -0.3 is 10.1 Å². The molecule has 0 radical (unpaired) electrons. The molecule has 76 valence electrons. The molecule has 1 aromatic rings. The first kappa shape index (κ1) is 10.9. The van der Waals surface area contributed by atoms with Gasteiger partial charge in [0.15, 0.2) is 0 Å². The molecule has 0 saturated carbocycles. The van der Waals surface area contributed by atoms with Gasteiger partial charge in [-0.2, -0.15) is 0 Å². The molecule has 0 fully saturated rings. The number of hydrogen-bond acceptors (Lipinski definition) is 3. The van der Waals surface area contributed by atoms with E-state index < -0.39 is 0 Å². The van der Waals surface area contributed by atoms with Crippen molar-refractivity contribution in [1.82, 2.24) is 4.98 Å². The summed E-state index contributed by atoms with van der Waals surface area (Å²) in [5.74, 6) is 0.148. The molecule has 1 heterocycles.